The van der Waals surface area contributed by atoms with Gasteiger partial charge in [-0.2, -0.15) is 5.26 Å². The van der Waals surface area contributed by atoms with E-state index in [2.05, 4.69) is 16.3 Å². The normalized spacial score (nSPS) is 17.9. The molecule has 5 heteroatoms. The first-order valence-corrected chi connectivity index (χ1v) is 8.37. The molecule has 1 fully saturated rings. The van der Waals surface area contributed by atoms with Crippen molar-refractivity contribution in [2.45, 2.75) is 52.5 Å². The smallest absolute Gasteiger partial charge is 0.225 e. The van der Waals surface area contributed by atoms with Crippen LogP contribution in [0.4, 0.5) is 5.82 Å². The van der Waals surface area contributed by atoms with Gasteiger partial charge in [-0.3, -0.25) is 4.79 Å². The van der Waals surface area contributed by atoms with Crippen molar-refractivity contribution in [1.29, 1.82) is 5.26 Å². The molecule has 1 aromatic heterocycles. The molecular weight excluding hydrogens is 288 g/mol. The topological polar surface area (TPSA) is 69.0 Å². The van der Waals surface area contributed by atoms with Gasteiger partial charge in [0.1, 0.15) is 11.9 Å². The number of nitriles is 1. The van der Waals surface area contributed by atoms with Crippen LogP contribution in [0.2, 0.25) is 0 Å². The maximum Gasteiger partial charge on any atom is 0.225 e. The first kappa shape index (κ1) is 15.8. The fourth-order valence-electron chi connectivity index (χ4n) is 3.09. The van der Waals surface area contributed by atoms with Gasteiger partial charge >= 0.3 is 0 Å². The molecule has 1 N–H and O–H groups in total. The number of hydrogen-bond acceptors (Lipinski definition) is 4. The lowest BCUT2D eigenvalue weighted by molar-refractivity contribution is -0.129. The number of pyridine rings is 1. The van der Waals surface area contributed by atoms with Crippen molar-refractivity contribution in [3.63, 3.8) is 0 Å². The highest BCUT2D eigenvalue weighted by atomic mass is 16.2. The molecule has 23 heavy (non-hydrogen) atoms. The van der Waals surface area contributed by atoms with E-state index in [9.17, 15) is 10.1 Å². The molecule has 5 nitrogen and oxygen atoms in total. The maximum atomic E-state index is 12.0. The Morgan fingerprint density at radius 3 is 2.70 bits per heavy atom. The third-order valence-electron chi connectivity index (χ3n) is 4.60. The second-order valence-corrected chi connectivity index (χ2v) is 7.61. The van der Waals surface area contributed by atoms with E-state index in [0.29, 0.717) is 5.56 Å². The Kier molecular flexibility index (Phi) is 4.01. The zero-order chi connectivity index (χ0) is 16.6. The Hall–Kier alpha value is -2.09. The Morgan fingerprint density at radius 1 is 1.35 bits per heavy atom. The van der Waals surface area contributed by atoms with E-state index in [4.69, 9.17) is 4.98 Å². The molecule has 1 aromatic rings. The summed E-state index contributed by atoms with van der Waals surface area (Å²) >= 11 is 0. The third-order valence-corrected chi connectivity index (χ3v) is 4.60. The lowest BCUT2D eigenvalue weighted by atomic mass is 9.93. The maximum absolute atomic E-state index is 12.0. The van der Waals surface area contributed by atoms with E-state index in [1.54, 1.807) is 0 Å². The monoisotopic (exact) mass is 312 g/mol. The van der Waals surface area contributed by atoms with Crippen LogP contribution in [-0.2, 0) is 17.6 Å². The SMILES string of the molecule is CC(C)(C)C(=O)NC1CN(c2nc3c(cc2C#N)CCCC3)C1. The van der Waals surface area contributed by atoms with Gasteiger partial charge < -0.3 is 10.2 Å². The Morgan fingerprint density at radius 2 is 2.04 bits per heavy atom. The van der Waals surface area contributed by atoms with E-state index in [0.717, 1.165) is 37.4 Å². The van der Waals surface area contributed by atoms with Crippen LogP contribution in [0.25, 0.3) is 0 Å². The first-order chi connectivity index (χ1) is 10.9. The van der Waals surface area contributed by atoms with Crippen LogP contribution < -0.4 is 10.2 Å². The summed E-state index contributed by atoms with van der Waals surface area (Å²) in [5.41, 5.74) is 2.66. The molecule has 0 radical (unpaired) electrons. The summed E-state index contributed by atoms with van der Waals surface area (Å²) in [6, 6.07) is 4.44. The van der Waals surface area contributed by atoms with E-state index < -0.39 is 0 Å². The van der Waals surface area contributed by atoms with E-state index in [1.807, 2.05) is 26.8 Å². The third kappa shape index (κ3) is 3.17. The van der Waals surface area contributed by atoms with Gasteiger partial charge in [0.15, 0.2) is 0 Å². The van der Waals surface area contributed by atoms with Crippen LogP contribution in [-0.4, -0.2) is 30.0 Å². The molecule has 1 saturated heterocycles. The lowest BCUT2D eigenvalue weighted by Crippen LogP contribution is -2.61. The molecule has 0 spiro atoms. The van der Waals surface area contributed by atoms with Gasteiger partial charge in [0.2, 0.25) is 5.91 Å². The number of anilines is 1. The number of aromatic nitrogens is 1. The van der Waals surface area contributed by atoms with E-state index >= 15 is 0 Å². The van der Waals surface area contributed by atoms with Crippen LogP contribution in [0.5, 0.6) is 0 Å². The Balaban J connectivity index is 1.70. The van der Waals surface area contributed by atoms with Crippen molar-refractivity contribution in [3.05, 3.63) is 22.9 Å². The largest absolute Gasteiger partial charge is 0.351 e. The van der Waals surface area contributed by atoms with Crippen molar-refractivity contribution in [1.82, 2.24) is 10.3 Å². The number of fused-ring (bicyclic) bond motifs is 1. The molecule has 0 saturated carbocycles. The quantitative estimate of drug-likeness (QED) is 0.909. The number of nitrogens with zero attached hydrogens (tertiary/aromatic N) is 3. The lowest BCUT2D eigenvalue weighted by Gasteiger charge is -2.42. The number of hydrogen-bond donors (Lipinski definition) is 1. The number of amides is 1. The van der Waals surface area contributed by atoms with Crippen LogP contribution >= 0.6 is 0 Å². The molecule has 3 rings (SSSR count). The minimum absolute atomic E-state index is 0.0704. The summed E-state index contributed by atoms with van der Waals surface area (Å²) in [5.74, 6) is 0.857. The zero-order valence-corrected chi connectivity index (χ0v) is 14.1. The van der Waals surface area contributed by atoms with Crippen molar-refractivity contribution < 1.29 is 4.79 Å². The summed E-state index contributed by atoms with van der Waals surface area (Å²) in [7, 11) is 0. The van der Waals surface area contributed by atoms with Gasteiger partial charge in [0.25, 0.3) is 0 Å². The molecule has 122 valence electrons. The summed E-state index contributed by atoms with van der Waals surface area (Å²) < 4.78 is 0. The van der Waals surface area contributed by atoms with Gasteiger partial charge in [0.05, 0.1) is 11.6 Å². The van der Waals surface area contributed by atoms with Crippen LogP contribution in [0.15, 0.2) is 6.07 Å². The molecule has 0 bridgehead atoms. The van der Waals surface area contributed by atoms with Crippen molar-refractivity contribution in [2.24, 2.45) is 5.41 Å². The standard InChI is InChI=1S/C18H24N4O/c1-18(2,3)17(23)20-14-10-22(11-14)16-13(9-19)8-12-6-4-5-7-15(12)21-16/h8,14H,4-7,10-11H2,1-3H3,(H,20,23). The Bertz CT molecular complexity index is 663. The van der Waals surface area contributed by atoms with Crippen molar-refractivity contribution >= 4 is 11.7 Å². The minimum atomic E-state index is -0.373. The highest BCUT2D eigenvalue weighted by Gasteiger charge is 2.33. The number of carbonyl (C=O) groups excluding carboxylic acids is 1. The fourth-order valence-corrected chi connectivity index (χ4v) is 3.09. The van der Waals surface area contributed by atoms with E-state index in [1.165, 1.54) is 18.4 Å². The molecular formula is C18H24N4O. The molecule has 1 aliphatic carbocycles. The number of carbonyl (C=O) groups is 1. The second kappa shape index (κ2) is 5.84. The van der Waals surface area contributed by atoms with E-state index in [-0.39, 0.29) is 17.4 Å². The first-order valence-electron chi connectivity index (χ1n) is 8.37. The molecule has 0 aromatic carbocycles. The highest BCUT2D eigenvalue weighted by molar-refractivity contribution is 5.82. The molecule has 1 amide bonds. The van der Waals surface area contributed by atoms with Gasteiger partial charge in [-0.25, -0.2) is 4.98 Å². The average molecular weight is 312 g/mol. The second-order valence-electron chi connectivity index (χ2n) is 7.61. The summed E-state index contributed by atoms with van der Waals surface area (Å²) in [5, 5.41) is 12.5. The number of aryl methyl sites for hydroxylation is 2. The van der Waals surface area contributed by atoms with Crippen molar-refractivity contribution in [3.8, 4) is 6.07 Å². The molecule has 0 unspecified atom stereocenters. The fraction of sp³-hybridized carbons (Fsp3) is 0.611. The highest BCUT2D eigenvalue weighted by Crippen LogP contribution is 2.29. The predicted molar refractivity (Wildman–Crippen MR) is 89.2 cm³/mol. The number of nitrogens with one attached hydrogen (secondary N) is 1. The molecule has 0 atom stereocenters. The zero-order valence-electron chi connectivity index (χ0n) is 14.1. The molecule has 1 aliphatic heterocycles. The van der Waals surface area contributed by atoms with Crippen LogP contribution in [0.1, 0.15) is 50.4 Å². The van der Waals surface area contributed by atoms with Crippen molar-refractivity contribution in [2.75, 3.05) is 18.0 Å². The molecule has 2 heterocycles. The summed E-state index contributed by atoms with van der Waals surface area (Å²) in [6.45, 7) is 7.19. The summed E-state index contributed by atoms with van der Waals surface area (Å²) in [4.78, 5) is 18.9. The minimum Gasteiger partial charge on any atom is -0.351 e. The predicted octanol–water partition coefficient (Wildman–Crippen LogP) is 2.18. The average Bonchev–Trinajstić information content (AvgIpc) is 2.48. The van der Waals surface area contributed by atoms with Crippen LogP contribution in [0.3, 0.4) is 0 Å². The van der Waals surface area contributed by atoms with Gasteiger partial charge in [-0.1, -0.05) is 20.8 Å². The van der Waals surface area contributed by atoms with Gasteiger partial charge in [-0.15, -0.1) is 0 Å². The Labute approximate surface area is 137 Å². The van der Waals surface area contributed by atoms with Gasteiger partial charge in [0, 0.05) is 24.2 Å². The number of rotatable bonds is 2. The van der Waals surface area contributed by atoms with Crippen LogP contribution in [0, 0.1) is 16.7 Å². The molecule has 2 aliphatic rings. The van der Waals surface area contributed by atoms with Gasteiger partial charge in [-0.05, 0) is 37.3 Å². The summed E-state index contributed by atoms with van der Waals surface area (Å²) in [6.07, 6.45) is 4.40.